The molecular weight excluding hydrogens is 348 g/mol. The minimum atomic E-state index is -1.79. The molecule has 2 aromatic carbocycles. The van der Waals surface area contributed by atoms with E-state index in [9.17, 15) is 0 Å². The molecule has 0 unspecified atom stereocenters. The molecule has 1 saturated carbocycles. The summed E-state index contributed by atoms with van der Waals surface area (Å²) in [6.07, 6.45) is 2.65. The van der Waals surface area contributed by atoms with Gasteiger partial charge in [-0.2, -0.15) is 0 Å². The van der Waals surface area contributed by atoms with Gasteiger partial charge in [0.05, 0.1) is 0 Å². The second-order valence-electron chi connectivity index (χ2n) is 9.88. The number of fused-ring (bicyclic) bond motifs is 2. The predicted molar refractivity (Wildman–Crippen MR) is 118 cm³/mol. The summed E-state index contributed by atoms with van der Waals surface area (Å²) in [5.74, 6) is 0.972. The van der Waals surface area contributed by atoms with Crippen molar-refractivity contribution in [2.75, 3.05) is 23.8 Å². The minimum Gasteiger partial charge on any atom is -0.544 e. The van der Waals surface area contributed by atoms with Crippen molar-refractivity contribution in [2.45, 2.75) is 57.2 Å². The Labute approximate surface area is 164 Å². The van der Waals surface area contributed by atoms with Gasteiger partial charge in [-0.1, -0.05) is 20.8 Å². The molecule has 1 aliphatic heterocycles. The molecule has 4 rings (SSSR count). The van der Waals surface area contributed by atoms with Crippen molar-refractivity contribution in [3.63, 3.8) is 0 Å². The molecule has 0 bridgehead atoms. The molecule has 1 fully saturated rings. The van der Waals surface area contributed by atoms with Crippen molar-refractivity contribution >= 4 is 25.4 Å². The van der Waals surface area contributed by atoms with Crippen LogP contribution in [0.15, 0.2) is 42.5 Å². The van der Waals surface area contributed by atoms with Gasteiger partial charge >= 0.3 is 0 Å². The van der Waals surface area contributed by atoms with Crippen molar-refractivity contribution in [1.29, 1.82) is 0 Å². The van der Waals surface area contributed by atoms with E-state index < -0.39 is 8.32 Å². The number of likely N-dealkylation sites (N-methyl/N-ethyl adjacent to an activating group) is 1. The van der Waals surface area contributed by atoms with Crippen LogP contribution in [0.2, 0.25) is 18.1 Å². The molecule has 27 heavy (non-hydrogen) atoms. The van der Waals surface area contributed by atoms with Gasteiger partial charge in [0.2, 0.25) is 8.32 Å². The Morgan fingerprint density at radius 1 is 1.00 bits per heavy atom. The maximum Gasteiger partial charge on any atom is 0.250 e. The Morgan fingerprint density at radius 3 is 2.22 bits per heavy atom. The number of hydrogen-bond acceptors (Lipinski definition) is 3. The van der Waals surface area contributed by atoms with Crippen LogP contribution in [0.3, 0.4) is 0 Å². The first-order valence-electron chi connectivity index (χ1n) is 10.0. The average molecular weight is 381 g/mol. The van der Waals surface area contributed by atoms with Gasteiger partial charge in [0, 0.05) is 36.1 Å². The van der Waals surface area contributed by atoms with Crippen LogP contribution in [0, 0.1) is 0 Å². The predicted octanol–water partition coefficient (Wildman–Crippen LogP) is 6.30. The summed E-state index contributed by atoms with van der Waals surface area (Å²) in [5.41, 5.74) is 5.63. The quantitative estimate of drug-likeness (QED) is 0.630. The Morgan fingerprint density at radius 2 is 1.63 bits per heavy atom. The van der Waals surface area contributed by atoms with E-state index in [4.69, 9.17) is 4.43 Å². The van der Waals surface area contributed by atoms with Crippen molar-refractivity contribution in [3.05, 3.63) is 48.0 Å². The molecule has 1 aliphatic carbocycles. The van der Waals surface area contributed by atoms with Crippen LogP contribution in [0.1, 0.15) is 39.2 Å². The molecule has 1 N–H and O–H groups in total. The van der Waals surface area contributed by atoms with Crippen molar-refractivity contribution < 1.29 is 4.43 Å². The molecule has 0 radical (unpaired) electrons. The first kappa shape index (κ1) is 18.4. The zero-order chi connectivity index (χ0) is 19.4. The monoisotopic (exact) mass is 380 g/mol. The van der Waals surface area contributed by atoms with Gasteiger partial charge in [0.25, 0.3) is 0 Å². The first-order chi connectivity index (χ1) is 12.6. The highest BCUT2D eigenvalue weighted by Gasteiger charge is 2.50. The largest absolute Gasteiger partial charge is 0.544 e. The number of nitrogens with one attached hydrogen (secondary N) is 1. The molecule has 1 spiro atoms. The number of nitrogens with zero attached hydrogens (tertiary/aromatic N) is 1. The zero-order valence-corrected chi connectivity index (χ0v) is 18.5. The summed E-state index contributed by atoms with van der Waals surface area (Å²) >= 11 is 0. The van der Waals surface area contributed by atoms with E-state index in [1.165, 1.54) is 36.3 Å². The number of benzene rings is 2. The van der Waals surface area contributed by atoms with Gasteiger partial charge in [0.1, 0.15) is 5.75 Å². The first-order valence-corrected chi connectivity index (χ1v) is 12.9. The summed E-state index contributed by atoms with van der Waals surface area (Å²) in [6, 6.07) is 15.2. The lowest BCUT2D eigenvalue weighted by atomic mass is 9.98. The maximum absolute atomic E-state index is 6.38. The summed E-state index contributed by atoms with van der Waals surface area (Å²) in [6.45, 7) is 12.6. The van der Waals surface area contributed by atoms with Crippen LogP contribution >= 0.6 is 0 Å². The van der Waals surface area contributed by atoms with E-state index in [0.29, 0.717) is 5.41 Å². The van der Waals surface area contributed by atoms with Crippen molar-refractivity contribution in [1.82, 2.24) is 0 Å². The van der Waals surface area contributed by atoms with E-state index in [0.717, 1.165) is 11.4 Å². The minimum absolute atomic E-state index is 0.209. The molecule has 2 aromatic rings. The molecule has 0 aromatic heterocycles. The normalized spacial score (nSPS) is 17.8. The van der Waals surface area contributed by atoms with Gasteiger partial charge in [-0.05, 0) is 79.0 Å². The summed E-state index contributed by atoms with van der Waals surface area (Å²) in [5, 5.41) is 3.78. The van der Waals surface area contributed by atoms with Gasteiger partial charge in [-0.3, -0.25) is 0 Å². The van der Waals surface area contributed by atoms with Crippen LogP contribution < -0.4 is 14.6 Å². The standard InChI is InChI=1S/C23H32N2OSi/c1-22(2,3)27(5,6)26-19-10-7-17(8-11-19)24-18-9-12-21-20(15-18)23(13-14-23)16-25(21)4/h7-12,15,24H,13-14,16H2,1-6H3. The SMILES string of the molecule is CN1CC2(CC2)c2cc(Nc3ccc(O[Si](C)(C)C(C)(C)C)cc3)ccc21. The average Bonchev–Trinajstić information content (AvgIpc) is 3.30. The zero-order valence-electron chi connectivity index (χ0n) is 17.5. The Balaban J connectivity index is 1.49. The maximum atomic E-state index is 6.38. The fourth-order valence-corrected chi connectivity index (χ4v) is 4.83. The van der Waals surface area contributed by atoms with Crippen LogP contribution in [0.5, 0.6) is 5.75 Å². The summed E-state index contributed by atoms with van der Waals surface area (Å²) in [4.78, 5) is 2.40. The number of anilines is 3. The van der Waals surface area contributed by atoms with Crippen molar-refractivity contribution in [3.8, 4) is 5.75 Å². The molecule has 1 heterocycles. The Kier molecular flexibility index (Phi) is 4.11. The summed E-state index contributed by atoms with van der Waals surface area (Å²) < 4.78 is 6.38. The highest BCUT2D eigenvalue weighted by atomic mass is 28.4. The fourth-order valence-electron chi connectivity index (χ4n) is 3.79. The molecule has 0 atom stereocenters. The summed E-state index contributed by atoms with van der Waals surface area (Å²) in [7, 11) is 0.419. The second kappa shape index (κ2) is 6.03. The lowest BCUT2D eigenvalue weighted by Crippen LogP contribution is -2.43. The Bertz CT molecular complexity index is 848. The lowest BCUT2D eigenvalue weighted by Gasteiger charge is -2.36. The van der Waals surface area contributed by atoms with E-state index in [2.05, 4.69) is 93.6 Å². The second-order valence-corrected chi connectivity index (χ2v) is 14.6. The highest BCUT2D eigenvalue weighted by Crippen LogP contribution is 2.56. The van der Waals surface area contributed by atoms with Gasteiger partial charge in [0.15, 0.2) is 0 Å². The highest BCUT2D eigenvalue weighted by molar-refractivity contribution is 6.74. The number of hydrogen-bond donors (Lipinski definition) is 1. The third-order valence-electron chi connectivity index (χ3n) is 6.69. The van der Waals surface area contributed by atoms with Crippen LogP contribution in [0.4, 0.5) is 17.1 Å². The molecule has 3 nitrogen and oxygen atoms in total. The van der Waals surface area contributed by atoms with Crippen molar-refractivity contribution in [2.24, 2.45) is 0 Å². The van der Waals surface area contributed by atoms with Gasteiger partial charge < -0.3 is 14.6 Å². The van der Waals surface area contributed by atoms with E-state index in [1.807, 2.05) is 0 Å². The molecule has 4 heteroatoms. The third-order valence-corrected chi connectivity index (χ3v) is 11.1. The molecule has 0 saturated heterocycles. The topological polar surface area (TPSA) is 24.5 Å². The molecule has 144 valence electrons. The molecular formula is C23H32N2OSi. The van der Waals surface area contributed by atoms with E-state index in [-0.39, 0.29) is 5.04 Å². The lowest BCUT2D eigenvalue weighted by molar-refractivity contribution is 0.492. The fraction of sp³-hybridized carbons (Fsp3) is 0.478. The Hall–Kier alpha value is -1.94. The van der Waals surface area contributed by atoms with E-state index in [1.54, 1.807) is 0 Å². The molecule has 2 aliphatic rings. The van der Waals surface area contributed by atoms with Crippen LogP contribution in [0.25, 0.3) is 0 Å². The third kappa shape index (κ3) is 3.36. The number of rotatable bonds is 4. The smallest absolute Gasteiger partial charge is 0.250 e. The van der Waals surface area contributed by atoms with Gasteiger partial charge in [-0.15, -0.1) is 0 Å². The van der Waals surface area contributed by atoms with E-state index >= 15 is 0 Å². The van der Waals surface area contributed by atoms with Crippen LogP contribution in [-0.4, -0.2) is 21.9 Å². The molecule has 0 amide bonds. The van der Waals surface area contributed by atoms with Gasteiger partial charge in [-0.25, -0.2) is 0 Å². The van der Waals surface area contributed by atoms with Crippen LogP contribution in [-0.2, 0) is 5.41 Å².